The van der Waals surface area contributed by atoms with E-state index >= 15 is 0 Å². The van der Waals surface area contributed by atoms with E-state index in [1.165, 1.54) is 44.6 Å². The summed E-state index contributed by atoms with van der Waals surface area (Å²) in [5.41, 5.74) is 3.41. The zero-order valence-corrected chi connectivity index (χ0v) is 24.0. The molecule has 1 aliphatic rings. The van der Waals surface area contributed by atoms with Crippen LogP contribution in [0.1, 0.15) is 63.4 Å². The third-order valence-corrected chi connectivity index (χ3v) is 7.77. The standard InChI is InChI=1S/C34H44FN3O3/c35-31-18-13-16-28(33(31)39)26-36-22-11-4-2-1-3-5-12-23-38-24-20-29(21-25-38)41-34(40)37-32-19-10-9-17-30(32)27-14-7-6-8-15-27/h6-10,13-19,29,36,39H,1-5,11-12,20-26H2,(H,37,40). The van der Waals surface area contributed by atoms with Gasteiger partial charge in [-0.15, -0.1) is 0 Å². The summed E-state index contributed by atoms with van der Waals surface area (Å²) in [6, 6.07) is 22.5. The van der Waals surface area contributed by atoms with Crippen molar-refractivity contribution in [2.75, 3.05) is 31.5 Å². The molecule has 1 heterocycles. The molecule has 41 heavy (non-hydrogen) atoms. The number of hydrogen-bond donors (Lipinski definition) is 3. The molecule has 0 radical (unpaired) electrons. The second-order valence-electron chi connectivity index (χ2n) is 10.9. The summed E-state index contributed by atoms with van der Waals surface area (Å²) < 4.78 is 19.1. The number of nitrogens with one attached hydrogen (secondary N) is 2. The van der Waals surface area contributed by atoms with Crippen LogP contribution >= 0.6 is 0 Å². The van der Waals surface area contributed by atoms with E-state index in [4.69, 9.17) is 4.74 Å². The van der Waals surface area contributed by atoms with Gasteiger partial charge in [0.25, 0.3) is 0 Å². The van der Waals surface area contributed by atoms with Gasteiger partial charge in [-0.3, -0.25) is 5.32 Å². The highest BCUT2D eigenvalue weighted by molar-refractivity contribution is 5.91. The van der Waals surface area contributed by atoms with Gasteiger partial charge in [0.05, 0.1) is 5.69 Å². The number of ether oxygens (including phenoxy) is 1. The summed E-state index contributed by atoms with van der Waals surface area (Å²) in [6.45, 7) is 4.42. The molecule has 0 bridgehead atoms. The number of hydrogen-bond acceptors (Lipinski definition) is 5. The minimum absolute atomic E-state index is 0.0378. The van der Waals surface area contributed by atoms with Gasteiger partial charge >= 0.3 is 6.09 Å². The Morgan fingerprint density at radius 1 is 0.854 bits per heavy atom. The van der Waals surface area contributed by atoms with Crippen molar-refractivity contribution in [2.24, 2.45) is 0 Å². The number of aromatic hydroxyl groups is 1. The van der Waals surface area contributed by atoms with E-state index in [0.29, 0.717) is 12.1 Å². The molecular weight excluding hydrogens is 517 g/mol. The number of benzene rings is 3. The van der Waals surface area contributed by atoms with Crippen LogP contribution in [0.2, 0.25) is 0 Å². The molecule has 3 aromatic rings. The van der Waals surface area contributed by atoms with Crippen LogP contribution in [0.15, 0.2) is 72.8 Å². The van der Waals surface area contributed by atoms with Crippen molar-refractivity contribution in [3.05, 3.63) is 84.2 Å². The van der Waals surface area contributed by atoms with Crippen LogP contribution in [-0.2, 0) is 11.3 Å². The number of piperidine rings is 1. The monoisotopic (exact) mass is 561 g/mol. The lowest BCUT2D eigenvalue weighted by Crippen LogP contribution is -2.38. The minimum atomic E-state index is -0.565. The van der Waals surface area contributed by atoms with Crippen LogP contribution in [0.5, 0.6) is 5.75 Å². The highest BCUT2D eigenvalue weighted by atomic mass is 19.1. The number of nitrogens with zero attached hydrogens (tertiary/aromatic N) is 1. The van der Waals surface area contributed by atoms with Crippen LogP contribution in [0, 0.1) is 5.82 Å². The second kappa shape index (κ2) is 16.7. The first-order valence-corrected chi connectivity index (χ1v) is 15.1. The number of unbranched alkanes of at least 4 members (excludes halogenated alkanes) is 6. The Morgan fingerprint density at radius 3 is 2.32 bits per heavy atom. The zero-order valence-electron chi connectivity index (χ0n) is 24.0. The maximum Gasteiger partial charge on any atom is 0.411 e. The van der Waals surface area contributed by atoms with Gasteiger partial charge in [-0.05, 0) is 56.5 Å². The predicted molar refractivity (Wildman–Crippen MR) is 164 cm³/mol. The summed E-state index contributed by atoms with van der Waals surface area (Å²) >= 11 is 0. The maximum atomic E-state index is 13.4. The average Bonchev–Trinajstić information content (AvgIpc) is 2.99. The van der Waals surface area contributed by atoms with Crippen LogP contribution < -0.4 is 10.6 Å². The Labute approximate surface area is 243 Å². The molecule has 1 fully saturated rings. The van der Waals surface area contributed by atoms with Crippen molar-refractivity contribution in [1.82, 2.24) is 10.2 Å². The maximum absolute atomic E-state index is 13.4. The third-order valence-electron chi connectivity index (χ3n) is 7.77. The summed E-state index contributed by atoms with van der Waals surface area (Å²) in [6.07, 6.45) is 9.80. The lowest BCUT2D eigenvalue weighted by atomic mass is 10.0. The number of anilines is 1. The first-order chi connectivity index (χ1) is 20.1. The molecule has 0 spiro atoms. The van der Waals surface area contributed by atoms with Crippen molar-refractivity contribution in [1.29, 1.82) is 0 Å². The molecule has 4 rings (SSSR count). The molecule has 6 nitrogen and oxygen atoms in total. The Kier molecular flexibility index (Phi) is 12.5. The van der Waals surface area contributed by atoms with Crippen LogP contribution in [0.4, 0.5) is 14.9 Å². The van der Waals surface area contributed by atoms with Gasteiger partial charge in [0.1, 0.15) is 6.10 Å². The summed E-state index contributed by atoms with van der Waals surface area (Å²) in [7, 11) is 0. The number of amides is 1. The van der Waals surface area contributed by atoms with E-state index in [9.17, 15) is 14.3 Å². The fraction of sp³-hybridized carbons (Fsp3) is 0.441. The Morgan fingerprint density at radius 2 is 1.54 bits per heavy atom. The number of rotatable bonds is 15. The number of halogens is 1. The molecule has 3 N–H and O–H groups in total. The molecule has 7 heteroatoms. The minimum Gasteiger partial charge on any atom is -0.505 e. The number of carbonyl (C=O) groups is 1. The fourth-order valence-corrected chi connectivity index (χ4v) is 5.40. The number of likely N-dealkylation sites (tertiary alicyclic amines) is 1. The SMILES string of the molecule is O=C(Nc1ccccc1-c1ccccc1)OC1CCN(CCCCCCCCCNCc2cccc(F)c2O)CC1. The Hall–Kier alpha value is -3.42. The highest BCUT2D eigenvalue weighted by Crippen LogP contribution is 2.28. The summed E-state index contributed by atoms with van der Waals surface area (Å²) in [5.74, 6) is -0.814. The van der Waals surface area contributed by atoms with Crippen LogP contribution in [0.3, 0.4) is 0 Å². The van der Waals surface area contributed by atoms with Crippen molar-refractivity contribution < 1.29 is 19.0 Å². The van der Waals surface area contributed by atoms with Gasteiger partial charge in [0.2, 0.25) is 0 Å². The Bertz CT molecular complexity index is 1200. The zero-order chi connectivity index (χ0) is 28.7. The van der Waals surface area contributed by atoms with Gasteiger partial charge in [-0.25, -0.2) is 9.18 Å². The van der Waals surface area contributed by atoms with E-state index in [0.717, 1.165) is 62.3 Å². The number of para-hydroxylation sites is 2. The molecule has 0 aliphatic carbocycles. The van der Waals surface area contributed by atoms with Gasteiger partial charge < -0.3 is 20.1 Å². The van der Waals surface area contributed by atoms with Gasteiger partial charge in [-0.2, -0.15) is 0 Å². The fourth-order valence-electron chi connectivity index (χ4n) is 5.40. The lowest BCUT2D eigenvalue weighted by Gasteiger charge is -2.31. The second-order valence-corrected chi connectivity index (χ2v) is 10.9. The first kappa shape index (κ1) is 30.5. The molecule has 1 aliphatic heterocycles. The van der Waals surface area contributed by atoms with E-state index < -0.39 is 5.82 Å². The molecule has 1 saturated heterocycles. The molecule has 0 aromatic heterocycles. The summed E-state index contributed by atoms with van der Waals surface area (Å²) in [4.78, 5) is 15.1. The first-order valence-electron chi connectivity index (χ1n) is 15.1. The van der Waals surface area contributed by atoms with E-state index in [1.54, 1.807) is 12.1 Å². The quantitative estimate of drug-likeness (QED) is 0.166. The molecule has 0 unspecified atom stereocenters. The topological polar surface area (TPSA) is 73.8 Å². The van der Waals surface area contributed by atoms with E-state index in [-0.39, 0.29) is 17.9 Å². The average molecular weight is 562 g/mol. The molecule has 1 amide bonds. The molecule has 220 valence electrons. The van der Waals surface area contributed by atoms with Gasteiger partial charge in [0, 0.05) is 30.8 Å². The van der Waals surface area contributed by atoms with Gasteiger partial charge in [0.15, 0.2) is 11.6 Å². The van der Waals surface area contributed by atoms with Crippen LogP contribution in [-0.4, -0.2) is 48.4 Å². The molecule has 0 saturated carbocycles. The molecular formula is C34H44FN3O3. The lowest BCUT2D eigenvalue weighted by molar-refractivity contribution is 0.0585. The van der Waals surface area contributed by atoms with Gasteiger partial charge in [-0.1, -0.05) is 92.8 Å². The predicted octanol–water partition coefficient (Wildman–Crippen LogP) is 7.73. The number of phenols is 1. The smallest absolute Gasteiger partial charge is 0.411 e. The van der Waals surface area contributed by atoms with E-state index in [1.807, 2.05) is 54.6 Å². The normalized spacial score (nSPS) is 14.2. The van der Waals surface area contributed by atoms with Crippen molar-refractivity contribution >= 4 is 11.8 Å². The molecule has 0 atom stereocenters. The van der Waals surface area contributed by atoms with Crippen molar-refractivity contribution in [3.63, 3.8) is 0 Å². The highest BCUT2D eigenvalue weighted by Gasteiger charge is 2.22. The van der Waals surface area contributed by atoms with Crippen molar-refractivity contribution in [2.45, 2.75) is 70.4 Å². The van der Waals surface area contributed by atoms with Crippen LogP contribution in [0.25, 0.3) is 11.1 Å². The Balaban J connectivity index is 1.00. The molecule has 3 aromatic carbocycles. The largest absolute Gasteiger partial charge is 0.505 e. The third kappa shape index (κ3) is 10.2. The number of phenolic OH excluding ortho intramolecular Hbond substituents is 1. The van der Waals surface area contributed by atoms with Crippen molar-refractivity contribution in [3.8, 4) is 16.9 Å². The number of carbonyl (C=O) groups excluding carboxylic acids is 1. The van der Waals surface area contributed by atoms with E-state index in [2.05, 4.69) is 15.5 Å². The summed E-state index contributed by atoms with van der Waals surface area (Å²) in [5, 5.41) is 16.0.